The number of furan rings is 1. The molecule has 90 valence electrons. The Bertz CT molecular complexity index is 455. The first-order valence-corrected chi connectivity index (χ1v) is 5.47. The SMILES string of the molecule is CC(C)Oc1cc(NCc2ccoc2)ncn1. The third-order valence-electron chi connectivity index (χ3n) is 2.05. The monoisotopic (exact) mass is 233 g/mol. The molecule has 17 heavy (non-hydrogen) atoms. The van der Waals surface area contributed by atoms with Gasteiger partial charge in [-0.05, 0) is 19.9 Å². The minimum absolute atomic E-state index is 0.103. The first-order valence-electron chi connectivity index (χ1n) is 5.47. The lowest BCUT2D eigenvalue weighted by molar-refractivity contribution is 0.232. The van der Waals surface area contributed by atoms with Crippen molar-refractivity contribution in [3.05, 3.63) is 36.5 Å². The number of ether oxygens (including phenoxy) is 1. The largest absolute Gasteiger partial charge is 0.475 e. The van der Waals surface area contributed by atoms with Gasteiger partial charge in [-0.1, -0.05) is 0 Å². The predicted octanol–water partition coefficient (Wildman–Crippen LogP) is 2.47. The van der Waals surface area contributed by atoms with E-state index in [1.54, 1.807) is 18.6 Å². The fourth-order valence-electron chi connectivity index (χ4n) is 1.33. The highest BCUT2D eigenvalue weighted by Crippen LogP contribution is 2.13. The zero-order valence-electron chi connectivity index (χ0n) is 9.88. The highest BCUT2D eigenvalue weighted by atomic mass is 16.5. The van der Waals surface area contributed by atoms with Crippen LogP contribution in [0.3, 0.4) is 0 Å². The summed E-state index contributed by atoms with van der Waals surface area (Å²) in [6, 6.07) is 3.68. The van der Waals surface area contributed by atoms with Gasteiger partial charge in [-0.3, -0.25) is 0 Å². The molecule has 0 unspecified atom stereocenters. The molecule has 0 bridgehead atoms. The van der Waals surface area contributed by atoms with Gasteiger partial charge >= 0.3 is 0 Å². The Morgan fingerprint density at radius 3 is 3.00 bits per heavy atom. The van der Waals surface area contributed by atoms with E-state index in [0.29, 0.717) is 12.4 Å². The minimum atomic E-state index is 0.103. The molecule has 0 aliphatic carbocycles. The number of nitrogens with one attached hydrogen (secondary N) is 1. The van der Waals surface area contributed by atoms with Crippen molar-refractivity contribution in [2.75, 3.05) is 5.32 Å². The van der Waals surface area contributed by atoms with E-state index in [2.05, 4.69) is 15.3 Å². The van der Waals surface area contributed by atoms with Crippen LogP contribution in [0.5, 0.6) is 5.88 Å². The van der Waals surface area contributed by atoms with Crippen molar-refractivity contribution in [1.29, 1.82) is 0 Å². The van der Waals surface area contributed by atoms with Crippen molar-refractivity contribution < 1.29 is 9.15 Å². The maximum absolute atomic E-state index is 5.48. The fourth-order valence-corrected chi connectivity index (χ4v) is 1.33. The van der Waals surface area contributed by atoms with Crippen LogP contribution >= 0.6 is 0 Å². The van der Waals surface area contributed by atoms with Gasteiger partial charge in [0, 0.05) is 18.2 Å². The van der Waals surface area contributed by atoms with Crippen LogP contribution in [0.2, 0.25) is 0 Å². The van der Waals surface area contributed by atoms with Crippen molar-refractivity contribution in [2.24, 2.45) is 0 Å². The molecule has 0 amide bonds. The van der Waals surface area contributed by atoms with Crippen molar-refractivity contribution in [3.63, 3.8) is 0 Å². The van der Waals surface area contributed by atoms with Gasteiger partial charge in [-0.25, -0.2) is 9.97 Å². The summed E-state index contributed by atoms with van der Waals surface area (Å²) < 4.78 is 10.5. The summed E-state index contributed by atoms with van der Waals surface area (Å²) in [6.07, 6.45) is 4.92. The van der Waals surface area contributed by atoms with E-state index in [9.17, 15) is 0 Å². The molecule has 0 aliphatic heterocycles. The molecular weight excluding hydrogens is 218 g/mol. The van der Waals surface area contributed by atoms with Crippen LogP contribution in [-0.2, 0) is 6.54 Å². The summed E-state index contributed by atoms with van der Waals surface area (Å²) in [5, 5.41) is 3.17. The quantitative estimate of drug-likeness (QED) is 0.859. The van der Waals surface area contributed by atoms with Crippen molar-refractivity contribution >= 4 is 5.82 Å². The molecular formula is C12H15N3O2. The Hall–Kier alpha value is -2.04. The van der Waals surface area contributed by atoms with E-state index in [0.717, 1.165) is 11.4 Å². The van der Waals surface area contributed by atoms with E-state index in [-0.39, 0.29) is 6.10 Å². The van der Waals surface area contributed by atoms with E-state index in [4.69, 9.17) is 9.15 Å². The first-order chi connectivity index (χ1) is 8.24. The molecule has 2 rings (SSSR count). The van der Waals surface area contributed by atoms with Gasteiger partial charge in [0.2, 0.25) is 5.88 Å². The number of nitrogens with zero attached hydrogens (tertiary/aromatic N) is 2. The molecule has 0 radical (unpaired) electrons. The number of anilines is 1. The number of aromatic nitrogens is 2. The van der Waals surface area contributed by atoms with Crippen molar-refractivity contribution in [3.8, 4) is 5.88 Å². The number of hydrogen-bond donors (Lipinski definition) is 1. The van der Waals surface area contributed by atoms with Crippen LogP contribution in [0.4, 0.5) is 5.82 Å². The summed E-state index contributed by atoms with van der Waals surface area (Å²) in [5.74, 6) is 1.31. The summed E-state index contributed by atoms with van der Waals surface area (Å²) in [7, 11) is 0. The lowest BCUT2D eigenvalue weighted by atomic mass is 10.3. The predicted molar refractivity (Wildman–Crippen MR) is 63.8 cm³/mol. The van der Waals surface area contributed by atoms with E-state index in [1.165, 1.54) is 6.33 Å². The summed E-state index contributed by atoms with van der Waals surface area (Å²) >= 11 is 0. The maximum atomic E-state index is 5.48. The Labute approximate surface area is 99.8 Å². The molecule has 0 spiro atoms. The molecule has 1 N–H and O–H groups in total. The molecule has 0 saturated heterocycles. The molecule has 2 aromatic rings. The standard InChI is InChI=1S/C12H15N3O2/c1-9(2)17-12-5-11(14-8-15-12)13-6-10-3-4-16-7-10/h3-5,7-9H,6H2,1-2H3,(H,13,14,15). The molecule has 0 atom stereocenters. The van der Waals surface area contributed by atoms with Crippen molar-refractivity contribution in [1.82, 2.24) is 9.97 Å². The normalized spacial score (nSPS) is 10.5. The van der Waals surface area contributed by atoms with Gasteiger partial charge in [-0.15, -0.1) is 0 Å². The molecule has 0 fully saturated rings. The van der Waals surface area contributed by atoms with Gasteiger partial charge in [0.1, 0.15) is 12.1 Å². The van der Waals surface area contributed by atoms with Crippen LogP contribution in [-0.4, -0.2) is 16.1 Å². The number of rotatable bonds is 5. The summed E-state index contributed by atoms with van der Waals surface area (Å²) in [4.78, 5) is 8.15. The molecule has 0 saturated carbocycles. The molecule has 2 aromatic heterocycles. The highest BCUT2D eigenvalue weighted by molar-refractivity contribution is 5.37. The van der Waals surface area contributed by atoms with E-state index in [1.807, 2.05) is 19.9 Å². The smallest absolute Gasteiger partial charge is 0.218 e. The number of hydrogen-bond acceptors (Lipinski definition) is 5. The van der Waals surface area contributed by atoms with Gasteiger partial charge in [-0.2, -0.15) is 0 Å². The summed E-state index contributed by atoms with van der Waals surface area (Å²) in [5.41, 5.74) is 1.06. The zero-order chi connectivity index (χ0) is 12.1. The molecule has 5 heteroatoms. The van der Waals surface area contributed by atoms with Gasteiger partial charge < -0.3 is 14.5 Å². The molecule has 2 heterocycles. The second kappa shape index (κ2) is 5.34. The Morgan fingerprint density at radius 1 is 1.41 bits per heavy atom. The lowest BCUT2D eigenvalue weighted by Crippen LogP contribution is -2.08. The van der Waals surface area contributed by atoms with E-state index >= 15 is 0 Å². The van der Waals surface area contributed by atoms with Gasteiger partial charge in [0.05, 0.1) is 18.6 Å². The zero-order valence-corrected chi connectivity index (χ0v) is 9.88. The first kappa shape index (κ1) is 11.4. The highest BCUT2D eigenvalue weighted by Gasteiger charge is 2.02. The molecule has 0 aliphatic rings. The summed E-state index contributed by atoms with van der Waals surface area (Å²) in [6.45, 7) is 4.58. The second-order valence-corrected chi connectivity index (χ2v) is 3.89. The molecule has 0 aromatic carbocycles. The fraction of sp³-hybridized carbons (Fsp3) is 0.333. The Balaban J connectivity index is 1.96. The van der Waals surface area contributed by atoms with Crippen LogP contribution in [0.25, 0.3) is 0 Å². The average Bonchev–Trinajstić information content (AvgIpc) is 2.79. The third-order valence-corrected chi connectivity index (χ3v) is 2.05. The average molecular weight is 233 g/mol. The second-order valence-electron chi connectivity index (χ2n) is 3.89. The van der Waals surface area contributed by atoms with Gasteiger partial charge in [0.15, 0.2) is 0 Å². The van der Waals surface area contributed by atoms with Crippen LogP contribution in [0.1, 0.15) is 19.4 Å². The van der Waals surface area contributed by atoms with Gasteiger partial charge in [0.25, 0.3) is 0 Å². The lowest BCUT2D eigenvalue weighted by Gasteiger charge is -2.09. The van der Waals surface area contributed by atoms with Crippen LogP contribution in [0.15, 0.2) is 35.4 Å². The van der Waals surface area contributed by atoms with Crippen LogP contribution in [0, 0.1) is 0 Å². The minimum Gasteiger partial charge on any atom is -0.475 e. The van der Waals surface area contributed by atoms with Crippen LogP contribution < -0.4 is 10.1 Å². The third kappa shape index (κ3) is 3.48. The van der Waals surface area contributed by atoms with Crippen molar-refractivity contribution in [2.45, 2.75) is 26.5 Å². The maximum Gasteiger partial charge on any atom is 0.218 e. The molecule has 5 nitrogen and oxygen atoms in total. The van der Waals surface area contributed by atoms with E-state index < -0.39 is 0 Å². The topological polar surface area (TPSA) is 60.2 Å². The Morgan fingerprint density at radius 2 is 2.29 bits per heavy atom. The Kier molecular flexibility index (Phi) is 3.59.